The standard InChI is InChI=1S/C18H32N6O/c1-6-21-16(25)18(3,4)12-22-17(19-5)23-9-7-14(2)15(11-23)24-10-8-20-13-24/h8,10,13-15H,6-7,9,11-12H2,1-5H3,(H,19,22)(H,21,25). The van der Waals surface area contributed by atoms with E-state index in [-0.39, 0.29) is 5.91 Å². The summed E-state index contributed by atoms with van der Waals surface area (Å²) in [7, 11) is 1.80. The average Bonchev–Trinajstić information content (AvgIpc) is 3.11. The Morgan fingerprint density at radius 3 is 2.76 bits per heavy atom. The fourth-order valence-electron chi connectivity index (χ4n) is 3.21. The van der Waals surface area contributed by atoms with Gasteiger partial charge in [-0.1, -0.05) is 6.92 Å². The van der Waals surface area contributed by atoms with Gasteiger partial charge < -0.3 is 20.1 Å². The zero-order valence-corrected chi connectivity index (χ0v) is 16.1. The summed E-state index contributed by atoms with van der Waals surface area (Å²) < 4.78 is 2.18. The van der Waals surface area contributed by atoms with Gasteiger partial charge in [-0.3, -0.25) is 9.79 Å². The summed E-state index contributed by atoms with van der Waals surface area (Å²) in [5.74, 6) is 1.51. The smallest absolute Gasteiger partial charge is 0.227 e. The van der Waals surface area contributed by atoms with Crippen LogP contribution in [0.2, 0.25) is 0 Å². The van der Waals surface area contributed by atoms with Gasteiger partial charge in [0.05, 0.1) is 17.8 Å². The summed E-state index contributed by atoms with van der Waals surface area (Å²) in [5.41, 5.74) is -0.487. The van der Waals surface area contributed by atoms with Crippen molar-refractivity contribution in [2.24, 2.45) is 16.3 Å². The lowest BCUT2D eigenvalue weighted by molar-refractivity contribution is -0.128. The van der Waals surface area contributed by atoms with Crippen molar-refractivity contribution in [1.82, 2.24) is 25.1 Å². The van der Waals surface area contributed by atoms with Crippen LogP contribution in [0.4, 0.5) is 0 Å². The number of piperidine rings is 1. The number of nitrogens with one attached hydrogen (secondary N) is 2. The van der Waals surface area contributed by atoms with Gasteiger partial charge in [0, 0.05) is 45.6 Å². The summed E-state index contributed by atoms with van der Waals surface area (Å²) in [6.45, 7) is 11.2. The van der Waals surface area contributed by atoms with E-state index in [0.29, 0.717) is 25.0 Å². The maximum absolute atomic E-state index is 12.2. The summed E-state index contributed by atoms with van der Waals surface area (Å²) in [5, 5.41) is 6.29. The second-order valence-electron chi connectivity index (χ2n) is 7.43. The fraction of sp³-hybridized carbons (Fsp3) is 0.722. The van der Waals surface area contributed by atoms with Crippen LogP contribution < -0.4 is 10.6 Å². The third-order valence-electron chi connectivity index (χ3n) is 4.98. The summed E-state index contributed by atoms with van der Waals surface area (Å²) >= 11 is 0. The van der Waals surface area contributed by atoms with Crippen LogP contribution in [0, 0.1) is 11.3 Å². The molecule has 1 aromatic rings. The maximum Gasteiger partial charge on any atom is 0.227 e. The molecule has 7 heteroatoms. The number of hydrogen-bond acceptors (Lipinski definition) is 3. The first-order valence-electron chi connectivity index (χ1n) is 9.10. The molecule has 1 saturated heterocycles. The molecule has 2 rings (SSSR count). The molecule has 1 aliphatic heterocycles. The third-order valence-corrected chi connectivity index (χ3v) is 4.98. The molecule has 140 valence electrons. The monoisotopic (exact) mass is 348 g/mol. The summed E-state index contributed by atoms with van der Waals surface area (Å²) in [6.07, 6.45) is 6.84. The molecular formula is C18H32N6O. The first-order chi connectivity index (χ1) is 11.9. The van der Waals surface area contributed by atoms with Gasteiger partial charge in [0.2, 0.25) is 5.91 Å². The van der Waals surface area contributed by atoms with E-state index < -0.39 is 5.41 Å². The molecule has 25 heavy (non-hydrogen) atoms. The molecule has 1 aliphatic rings. The number of likely N-dealkylation sites (tertiary alicyclic amines) is 1. The highest BCUT2D eigenvalue weighted by atomic mass is 16.2. The Hall–Kier alpha value is -2.05. The minimum atomic E-state index is -0.487. The van der Waals surface area contributed by atoms with Gasteiger partial charge in [0.15, 0.2) is 5.96 Å². The molecule has 1 fully saturated rings. The van der Waals surface area contributed by atoms with Crippen molar-refractivity contribution in [2.75, 3.05) is 33.2 Å². The first-order valence-corrected chi connectivity index (χ1v) is 9.10. The lowest BCUT2D eigenvalue weighted by Crippen LogP contribution is -2.52. The van der Waals surface area contributed by atoms with Gasteiger partial charge in [0.25, 0.3) is 0 Å². The topological polar surface area (TPSA) is 74.6 Å². The van der Waals surface area contributed by atoms with E-state index in [1.807, 2.05) is 39.5 Å². The van der Waals surface area contributed by atoms with Crippen LogP contribution in [-0.4, -0.2) is 59.5 Å². The van der Waals surface area contributed by atoms with Crippen LogP contribution >= 0.6 is 0 Å². The number of nitrogens with zero attached hydrogens (tertiary/aromatic N) is 4. The van der Waals surface area contributed by atoms with Crippen molar-refractivity contribution in [3.05, 3.63) is 18.7 Å². The lowest BCUT2D eigenvalue weighted by atomic mass is 9.92. The van der Waals surface area contributed by atoms with Crippen LogP contribution in [0.25, 0.3) is 0 Å². The number of guanidine groups is 1. The first kappa shape index (κ1) is 19.3. The Labute approximate surface area is 150 Å². The van der Waals surface area contributed by atoms with E-state index in [1.54, 1.807) is 7.05 Å². The molecule has 0 bridgehead atoms. The highest BCUT2D eigenvalue weighted by molar-refractivity contribution is 5.84. The Bertz CT molecular complexity index is 580. The summed E-state index contributed by atoms with van der Waals surface area (Å²) in [4.78, 5) is 23.1. The van der Waals surface area contributed by atoms with E-state index in [4.69, 9.17) is 0 Å². The van der Waals surface area contributed by atoms with Gasteiger partial charge in [-0.05, 0) is 33.1 Å². The van der Waals surface area contributed by atoms with Crippen molar-refractivity contribution in [3.63, 3.8) is 0 Å². The van der Waals surface area contributed by atoms with Crippen molar-refractivity contribution in [2.45, 2.75) is 40.2 Å². The molecule has 0 aliphatic carbocycles. The van der Waals surface area contributed by atoms with Gasteiger partial charge in [-0.2, -0.15) is 0 Å². The molecule has 7 nitrogen and oxygen atoms in total. The maximum atomic E-state index is 12.2. The van der Waals surface area contributed by atoms with Gasteiger partial charge >= 0.3 is 0 Å². The van der Waals surface area contributed by atoms with Crippen LogP contribution in [0.1, 0.15) is 40.2 Å². The number of carbonyl (C=O) groups is 1. The van der Waals surface area contributed by atoms with E-state index in [9.17, 15) is 4.79 Å². The predicted molar refractivity (Wildman–Crippen MR) is 100 cm³/mol. The van der Waals surface area contributed by atoms with Gasteiger partial charge in [-0.25, -0.2) is 4.98 Å². The average molecular weight is 348 g/mol. The van der Waals surface area contributed by atoms with E-state index in [2.05, 4.69) is 37.0 Å². The van der Waals surface area contributed by atoms with Crippen LogP contribution in [0.3, 0.4) is 0 Å². The molecule has 0 radical (unpaired) electrons. The number of amides is 1. The minimum absolute atomic E-state index is 0.0570. The molecule has 0 aromatic carbocycles. The van der Waals surface area contributed by atoms with Crippen molar-refractivity contribution in [3.8, 4) is 0 Å². The van der Waals surface area contributed by atoms with Gasteiger partial charge in [0.1, 0.15) is 0 Å². The van der Waals surface area contributed by atoms with E-state index in [1.165, 1.54) is 0 Å². The molecule has 2 unspecified atom stereocenters. The Morgan fingerprint density at radius 2 is 2.16 bits per heavy atom. The second-order valence-corrected chi connectivity index (χ2v) is 7.43. The number of imidazole rings is 1. The normalized spacial score (nSPS) is 22.0. The highest BCUT2D eigenvalue weighted by Crippen LogP contribution is 2.27. The molecular weight excluding hydrogens is 316 g/mol. The second kappa shape index (κ2) is 8.36. The molecule has 2 N–H and O–H groups in total. The molecule has 2 atom stereocenters. The Balaban J connectivity index is 1.99. The van der Waals surface area contributed by atoms with Gasteiger partial charge in [-0.15, -0.1) is 0 Å². The lowest BCUT2D eigenvalue weighted by Gasteiger charge is -2.39. The number of rotatable bonds is 5. The number of aliphatic imine (C=N–C) groups is 1. The zero-order chi connectivity index (χ0) is 18.4. The zero-order valence-electron chi connectivity index (χ0n) is 16.1. The number of aromatic nitrogens is 2. The molecule has 2 heterocycles. The molecule has 0 saturated carbocycles. The summed E-state index contributed by atoms with van der Waals surface area (Å²) in [6, 6.07) is 0.381. The van der Waals surface area contributed by atoms with E-state index >= 15 is 0 Å². The molecule has 0 spiro atoms. The quantitative estimate of drug-likeness (QED) is 0.625. The van der Waals surface area contributed by atoms with Crippen LogP contribution in [0.15, 0.2) is 23.7 Å². The number of hydrogen-bond donors (Lipinski definition) is 2. The van der Waals surface area contributed by atoms with Crippen LogP contribution in [0.5, 0.6) is 0 Å². The van der Waals surface area contributed by atoms with Crippen molar-refractivity contribution >= 4 is 11.9 Å². The largest absolute Gasteiger partial charge is 0.356 e. The highest BCUT2D eigenvalue weighted by Gasteiger charge is 2.31. The van der Waals surface area contributed by atoms with Crippen molar-refractivity contribution in [1.29, 1.82) is 0 Å². The number of carbonyl (C=O) groups excluding carboxylic acids is 1. The van der Waals surface area contributed by atoms with Crippen LogP contribution in [-0.2, 0) is 4.79 Å². The minimum Gasteiger partial charge on any atom is -0.356 e. The molecule has 1 amide bonds. The third kappa shape index (κ3) is 4.74. The fourth-order valence-corrected chi connectivity index (χ4v) is 3.21. The Morgan fingerprint density at radius 1 is 1.40 bits per heavy atom. The predicted octanol–water partition coefficient (Wildman–Crippen LogP) is 1.50. The SMILES string of the molecule is CCNC(=O)C(C)(C)CNC(=NC)N1CCC(C)C(n2ccnc2)C1. The molecule has 1 aromatic heterocycles. The van der Waals surface area contributed by atoms with Crippen molar-refractivity contribution < 1.29 is 4.79 Å². The van der Waals surface area contributed by atoms with E-state index in [0.717, 1.165) is 25.5 Å². The Kier molecular flexibility index (Phi) is 6.45.